The molecule has 0 radical (unpaired) electrons. The van der Waals surface area contributed by atoms with E-state index in [4.69, 9.17) is 4.74 Å². The topological polar surface area (TPSA) is 86.1 Å². The number of thioether (sulfide) groups is 1. The van der Waals surface area contributed by atoms with Gasteiger partial charge in [-0.05, 0) is 33.6 Å². The fraction of sp³-hybridized carbons (Fsp3) is 0.765. The van der Waals surface area contributed by atoms with Gasteiger partial charge in [-0.2, -0.15) is 0 Å². The number of rotatable bonds is 8. The highest BCUT2D eigenvalue weighted by atomic mass is 32.2. The van der Waals surface area contributed by atoms with E-state index >= 15 is 0 Å². The fourth-order valence-corrected chi connectivity index (χ4v) is 4.05. The molecule has 25 heavy (non-hydrogen) atoms. The maximum absolute atomic E-state index is 12.0. The number of hydrogen-bond acceptors (Lipinski definition) is 6. The molecule has 1 amide bonds. The van der Waals surface area contributed by atoms with Gasteiger partial charge in [-0.25, -0.2) is 0 Å². The molecule has 0 unspecified atom stereocenters. The van der Waals surface area contributed by atoms with Gasteiger partial charge in [0.25, 0.3) is 0 Å². The Morgan fingerprint density at radius 2 is 2.00 bits per heavy atom. The molecule has 0 bridgehead atoms. The van der Waals surface area contributed by atoms with Gasteiger partial charge in [0.2, 0.25) is 5.91 Å². The molecule has 0 spiro atoms. The third-order valence-corrected chi connectivity index (χ3v) is 5.34. The number of carbonyl (C=O) groups excluding carboxylic acids is 2. The van der Waals surface area contributed by atoms with Crippen molar-refractivity contribution in [1.82, 2.24) is 20.1 Å². The van der Waals surface area contributed by atoms with E-state index in [2.05, 4.69) is 20.1 Å². The maximum Gasteiger partial charge on any atom is 0.313 e. The van der Waals surface area contributed by atoms with Gasteiger partial charge in [-0.15, -0.1) is 10.2 Å². The summed E-state index contributed by atoms with van der Waals surface area (Å²) in [6.07, 6.45) is 5.79. The molecular weight excluding hydrogens is 340 g/mol. The third kappa shape index (κ3) is 5.45. The lowest BCUT2D eigenvalue weighted by molar-refractivity contribution is -0.142. The molecule has 2 rings (SSSR count). The van der Waals surface area contributed by atoms with Gasteiger partial charge in [-0.3, -0.25) is 9.59 Å². The molecule has 1 atom stereocenters. The Labute approximate surface area is 153 Å². The number of ether oxygens (including phenoxy) is 1. The predicted molar refractivity (Wildman–Crippen MR) is 96.5 cm³/mol. The van der Waals surface area contributed by atoms with Gasteiger partial charge in [-0.1, -0.05) is 31.0 Å². The first-order valence-electron chi connectivity index (χ1n) is 9.10. The molecule has 7 nitrogen and oxygen atoms in total. The lowest BCUT2D eigenvalue weighted by atomic mass is 9.95. The first-order chi connectivity index (χ1) is 12.1. The number of hydrogen-bond donors (Lipinski definition) is 1. The minimum Gasteiger partial charge on any atom is -0.466 e. The molecule has 0 aliphatic heterocycles. The van der Waals surface area contributed by atoms with Crippen molar-refractivity contribution in [2.24, 2.45) is 0 Å². The normalized spacial score (nSPS) is 16.4. The Kier molecular flexibility index (Phi) is 7.74. The lowest BCUT2D eigenvalue weighted by Gasteiger charge is -2.26. The SMILES string of the molecule is CCNC(=O)[C@@H](C)Sc1nnc(CC(=O)OCC)n1C1CCCCC1. The Bertz CT molecular complexity index is 584. The van der Waals surface area contributed by atoms with E-state index < -0.39 is 0 Å². The van der Waals surface area contributed by atoms with Gasteiger partial charge in [0.15, 0.2) is 5.16 Å². The van der Waals surface area contributed by atoms with Crippen LogP contribution in [0.4, 0.5) is 0 Å². The van der Waals surface area contributed by atoms with Crippen LogP contribution in [0.15, 0.2) is 5.16 Å². The van der Waals surface area contributed by atoms with Crippen molar-refractivity contribution in [2.45, 2.75) is 75.7 Å². The lowest BCUT2D eigenvalue weighted by Crippen LogP contribution is -2.31. The summed E-state index contributed by atoms with van der Waals surface area (Å²) >= 11 is 1.40. The van der Waals surface area contributed by atoms with E-state index in [1.807, 2.05) is 13.8 Å². The van der Waals surface area contributed by atoms with Crippen molar-refractivity contribution in [3.05, 3.63) is 5.82 Å². The summed E-state index contributed by atoms with van der Waals surface area (Å²) in [6.45, 7) is 6.51. The second-order valence-electron chi connectivity index (χ2n) is 6.20. The van der Waals surface area contributed by atoms with Crippen molar-refractivity contribution < 1.29 is 14.3 Å². The first-order valence-corrected chi connectivity index (χ1v) is 9.98. The van der Waals surface area contributed by atoms with E-state index in [9.17, 15) is 9.59 Å². The van der Waals surface area contributed by atoms with E-state index in [-0.39, 0.29) is 29.6 Å². The number of nitrogens with zero attached hydrogens (tertiary/aromatic N) is 3. The van der Waals surface area contributed by atoms with Gasteiger partial charge in [0.1, 0.15) is 12.2 Å². The van der Waals surface area contributed by atoms with Gasteiger partial charge in [0, 0.05) is 12.6 Å². The molecule has 140 valence electrons. The van der Waals surface area contributed by atoms with Crippen LogP contribution < -0.4 is 5.32 Å². The van der Waals surface area contributed by atoms with Gasteiger partial charge in [0.05, 0.1) is 11.9 Å². The standard InChI is InChI=1S/C17H28N4O3S/c1-4-18-16(23)12(3)25-17-20-19-14(11-15(22)24-5-2)21(17)13-9-7-6-8-10-13/h12-13H,4-11H2,1-3H3,(H,18,23)/t12-/m1/s1. The molecular formula is C17H28N4O3S. The van der Waals surface area contributed by atoms with Crippen LogP contribution in [0.5, 0.6) is 0 Å². The molecule has 0 aromatic carbocycles. The molecule has 1 aromatic rings. The minimum absolute atomic E-state index is 0.0161. The zero-order valence-electron chi connectivity index (χ0n) is 15.3. The van der Waals surface area contributed by atoms with Crippen molar-refractivity contribution in [3.63, 3.8) is 0 Å². The number of esters is 1. The quantitative estimate of drug-likeness (QED) is 0.560. The van der Waals surface area contributed by atoms with E-state index in [0.29, 0.717) is 24.1 Å². The van der Waals surface area contributed by atoms with Crippen LogP contribution in [0.3, 0.4) is 0 Å². The zero-order chi connectivity index (χ0) is 18.2. The van der Waals surface area contributed by atoms with Gasteiger partial charge >= 0.3 is 5.97 Å². The minimum atomic E-state index is -0.291. The second kappa shape index (κ2) is 9.79. The van der Waals surface area contributed by atoms with E-state index in [1.165, 1.54) is 18.2 Å². The van der Waals surface area contributed by atoms with Crippen LogP contribution in [0.1, 0.15) is 64.7 Å². The van der Waals surface area contributed by atoms with Crippen LogP contribution in [0.2, 0.25) is 0 Å². The van der Waals surface area contributed by atoms with Gasteiger partial charge < -0.3 is 14.6 Å². The van der Waals surface area contributed by atoms with Crippen LogP contribution in [-0.2, 0) is 20.7 Å². The summed E-state index contributed by atoms with van der Waals surface area (Å²) in [6, 6.07) is 0.289. The zero-order valence-corrected chi connectivity index (χ0v) is 16.1. The maximum atomic E-state index is 12.0. The highest BCUT2D eigenvalue weighted by molar-refractivity contribution is 8.00. The smallest absolute Gasteiger partial charge is 0.313 e. The first kappa shape index (κ1) is 19.8. The Morgan fingerprint density at radius 3 is 2.64 bits per heavy atom. The highest BCUT2D eigenvalue weighted by Gasteiger charge is 2.26. The Hall–Kier alpha value is -1.57. The Balaban J connectivity index is 2.21. The second-order valence-corrected chi connectivity index (χ2v) is 7.51. The number of carbonyl (C=O) groups is 2. The van der Waals surface area contributed by atoms with Crippen molar-refractivity contribution in [1.29, 1.82) is 0 Å². The summed E-state index contributed by atoms with van der Waals surface area (Å²) in [7, 11) is 0. The Morgan fingerprint density at radius 1 is 1.28 bits per heavy atom. The summed E-state index contributed by atoms with van der Waals surface area (Å²) in [5, 5.41) is 11.8. The molecule has 1 heterocycles. The van der Waals surface area contributed by atoms with E-state index in [1.54, 1.807) is 6.92 Å². The molecule has 0 saturated heterocycles. The predicted octanol–water partition coefficient (Wildman–Crippen LogP) is 2.51. The highest BCUT2D eigenvalue weighted by Crippen LogP contribution is 2.34. The number of nitrogens with one attached hydrogen (secondary N) is 1. The molecule has 1 aromatic heterocycles. The summed E-state index contributed by atoms with van der Waals surface area (Å²) in [5.41, 5.74) is 0. The van der Waals surface area contributed by atoms with Crippen molar-refractivity contribution in [3.8, 4) is 0 Å². The van der Waals surface area contributed by atoms with Crippen LogP contribution >= 0.6 is 11.8 Å². The number of amides is 1. The molecule has 1 aliphatic rings. The molecule has 1 aliphatic carbocycles. The molecule has 1 saturated carbocycles. The van der Waals surface area contributed by atoms with Crippen LogP contribution in [0, 0.1) is 0 Å². The van der Waals surface area contributed by atoms with Crippen LogP contribution in [0.25, 0.3) is 0 Å². The largest absolute Gasteiger partial charge is 0.466 e. The monoisotopic (exact) mass is 368 g/mol. The fourth-order valence-electron chi connectivity index (χ4n) is 3.09. The summed E-state index contributed by atoms with van der Waals surface area (Å²) in [5.74, 6) is 0.328. The molecule has 8 heteroatoms. The summed E-state index contributed by atoms with van der Waals surface area (Å²) < 4.78 is 7.12. The van der Waals surface area contributed by atoms with E-state index in [0.717, 1.165) is 25.7 Å². The average Bonchev–Trinajstić information content (AvgIpc) is 2.98. The van der Waals surface area contributed by atoms with Crippen molar-refractivity contribution >= 4 is 23.6 Å². The third-order valence-electron chi connectivity index (χ3n) is 4.29. The average molecular weight is 369 g/mol. The summed E-state index contributed by atoms with van der Waals surface area (Å²) in [4.78, 5) is 23.9. The van der Waals surface area contributed by atoms with Crippen LogP contribution in [-0.4, -0.2) is 45.0 Å². The molecule has 1 fully saturated rings. The number of aromatic nitrogens is 3. The molecule has 1 N–H and O–H groups in total. The van der Waals surface area contributed by atoms with Crippen molar-refractivity contribution in [2.75, 3.05) is 13.2 Å².